The number of rotatable bonds is 3. The van der Waals surface area contributed by atoms with Crippen LogP contribution >= 0.6 is 11.6 Å². The SMILES string of the molecule is CC/C(=C(/Cl)N(C)C)c1ccccc1. The van der Waals surface area contributed by atoms with Gasteiger partial charge in [0, 0.05) is 14.1 Å². The summed E-state index contributed by atoms with van der Waals surface area (Å²) in [6.07, 6.45) is 0.945. The second-order valence-electron chi connectivity index (χ2n) is 3.38. The summed E-state index contributed by atoms with van der Waals surface area (Å²) in [7, 11) is 3.92. The molecule has 0 aromatic heterocycles. The number of nitrogens with zero attached hydrogens (tertiary/aromatic N) is 1. The molecule has 1 nitrogen and oxygen atoms in total. The van der Waals surface area contributed by atoms with Gasteiger partial charge >= 0.3 is 0 Å². The largest absolute Gasteiger partial charge is 0.368 e. The molecule has 0 fully saturated rings. The van der Waals surface area contributed by atoms with E-state index < -0.39 is 0 Å². The lowest BCUT2D eigenvalue weighted by Crippen LogP contribution is -2.08. The van der Waals surface area contributed by atoms with Crippen LogP contribution in [0.2, 0.25) is 0 Å². The molecule has 0 heterocycles. The third-order valence-electron chi connectivity index (χ3n) is 2.12. The third-order valence-corrected chi connectivity index (χ3v) is 2.68. The lowest BCUT2D eigenvalue weighted by molar-refractivity contribution is 0.547. The number of allylic oxidation sites excluding steroid dienone is 1. The maximum Gasteiger partial charge on any atom is 0.108 e. The van der Waals surface area contributed by atoms with Crippen LogP contribution in [0.4, 0.5) is 0 Å². The highest BCUT2D eigenvalue weighted by Crippen LogP contribution is 2.25. The van der Waals surface area contributed by atoms with Crippen LogP contribution in [0.15, 0.2) is 35.5 Å². The second kappa shape index (κ2) is 5.06. The summed E-state index contributed by atoms with van der Waals surface area (Å²) in [6.45, 7) is 2.12. The summed E-state index contributed by atoms with van der Waals surface area (Å²) in [5, 5.41) is 0.818. The van der Waals surface area contributed by atoms with E-state index in [2.05, 4.69) is 19.1 Å². The predicted molar refractivity (Wildman–Crippen MR) is 63.2 cm³/mol. The Labute approximate surface area is 91.0 Å². The van der Waals surface area contributed by atoms with Crippen molar-refractivity contribution in [3.05, 3.63) is 41.1 Å². The average Bonchev–Trinajstić information content (AvgIpc) is 2.20. The summed E-state index contributed by atoms with van der Waals surface area (Å²) in [5.41, 5.74) is 2.39. The topological polar surface area (TPSA) is 3.24 Å². The Morgan fingerprint density at radius 1 is 1.21 bits per heavy atom. The van der Waals surface area contributed by atoms with Crippen molar-refractivity contribution < 1.29 is 0 Å². The molecule has 0 spiro atoms. The maximum absolute atomic E-state index is 6.22. The molecule has 0 saturated carbocycles. The predicted octanol–water partition coefficient (Wildman–Crippen LogP) is 3.57. The lowest BCUT2D eigenvalue weighted by Gasteiger charge is -2.16. The van der Waals surface area contributed by atoms with Crippen LogP contribution in [0.3, 0.4) is 0 Å². The van der Waals surface area contributed by atoms with Gasteiger partial charge in [0.1, 0.15) is 5.16 Å². The normalized spacial score (nSPS) is 12.3. The first-order valence-electron chi connectivity index (χ1n) is 4.78. The number of halogens is 1. The highest BCUT2D eigenvalue weighted by molar-refractivity contribution is 6.32. The Morgan fingerprint density at radius 2 is 1.79 bits per heavy atom. The van der Waals surface area contributed by atoms with Crippen LogP contribution in [-0.4, -0.2) is 19.0 Å². The molecule has 0 unspecified atom stereocenters. The first-order chi connectivity index (χ1) is 6.66. The fourth-order valence-corrected chi connectivity index (χ4v) is 1.62. The molecule has 2 heteroatoms. The first-order valence-corrected chi connectivity index (χ1v) is 5.16. The fourth-order valence-electron chi connectivity index (χ4n) is 1.38. The van der Waals surface area contributed by atoms with Crippen molar-refractivity contribution >= 4 is 17.2 Å². The number of hydrogen-bond acceptors (Lipinski definition) is 1. The van der Waals surface area contributed by atoms with Crippen LogP contribution < -0.4 is 0 Å². The molecule has 0 aliphatic carbocycles. The molecule has 0 aliphatic heterocycles. The van der Waals surface area contributed by atoms with E-state index in [0.29, 0.717) is 0 Å². The zero-order valence-corrected chi connectivity index (χ0v) is 9.67. The van der Waals surface area contributed by atoms with Crippen molar-refractivity contribution in [2.75, 3.05) is 14.1 Å². The van der Waals surface area contributed by atoms with Crippen molar-refractivity contribution in [1.82, 2.24) is 4.90 Å². The van der Waals surface area contributed by atoms with E-state index in [9.17, 15) is 0 Å². The first kappa shape index (κ1) is 11.1. The average molecular weight is 210 g/mol. The van der Waals surface area contributed by atoms with Gasteiger partial charge in [-0.25, -0.2) is 0 Å². The molecule has 0 saturated heterocycles. The van der Waals surface area contributed by atoms with Gasteiger partial charge in [-0.2, -0.15) is 0 Å². The molecule has 1 aromatic rings. The summed E-state index contributed by atoms with van der Waals surface area (Å²) in [6, 6.07) is 10.3. The fraction of sp³-hybridized carbons (Fsp3) is 0.333. The summed E-state index contributed by atoms with van der Waals surface area (Å²) in [4.78, 5) is 1.94. The molecule has 1 rings (SSSR count). The molecule has 0 radical (unpaired) electrons. The second-order valence-corrected chi connectivity index (χ2v) is 3.74. The highest BCUT2D eigenvalue weighted by atomic mass is 35.5. The van der Waals surface area contributed by atoms with Gasteiger partial charge < -0.3 is 4.90 Å². The minimum atomic E-state index is 0.818. The Bertz CT molecular complexity index is 314. The maximum atomic E-state index is 6.22. The van der Waals surface area contributed by atoms with E-state index in [-0.39, 0.29) is 0 Å². The van der Waals surface area contributed by atoms with Crippen LogP contribution in [0.25, 0.3) is 5.57 Å². The molecule has 0 aliphatic rings. The third kappa shape index (κ3) is 2.52. The molecule has 0 amide bonds. The standard InChI is InChI=1S/C12H16ClN/c1-4-11(12(13)14(2)3)10-8-6-5-7-9-10/h5-9H,4H2,1-3H3/b12-11+. The number of benzene rings is 1. The van der Waals surface area contributed by atoms with Gasteiger partial charge in [0.15, 0.2) is 0 Å². The van der Waals surface area contributed by atoms with Crippen molar-refractivity contribution in [2.45, 2.75) is 13.3 Å². The van der Waals surface area contributed by atoms with Gasteiger partial charge in [0.25, 0.3) is 0 Å². The quantitative estimate of drug-likeness (QED) is 0.688. The smallest absolute Gasteiger partial charge is 0.108 e. The lowest BCUT2D eigenvalue weighted by atomic mass is 10.0. The summed E-state index contributed by atoms with van der Waals surface area (Å²) in [5.74, 6) is 0. The molecular weight excluding hydrogens is 194 g/mol. The summed E-state index contributed by atoms with van der Waals surface area (Å²) < 4.78 is 0. The van der Waals surface area contributed by atoms with Crippen molar-refractivity contribution in [3.63, 3.8) is 0 Å². The monoisotopic (exact) mass is 209 g/mol. The minimum Gasteiger partial charge on any atom is -0.368 e. The van der Waals surface area contributed by atoms with E-state index >= 15 is 0 Å². The van der Waals surface area contributed by atoms with Gasteiger partial charge in [0.2, 0.25) is 0 Å². The molecule has 0 N–H and O–H groups in total. The van der Waals surface area contributed by atoms with Gasteiger partial charge in [0.05, 0.1) is 0 Å². The van der Waals surface area contributed by atoms with Gasteiger partial charge in [-0.15, -0.1) is 0 Å². The van der Waals surface area contributed by atoms with Crippen molar-refractivity contribution in [1.29, 1.82) is 0 Å². The number of hydrogen-bond donors (Lipinski definition) is 0. The van der Waals surface area contributed by atoms with E-state index in [0.717, 1.165) is 11.6 Å². The molecular formula is C12H16ClN. The van der Waals surface area contributed by atoms with Crippen molar-refractivity contribution in [3.8, 4) is 0 Å². The molecule has 76 valence electrons. The van der Waals surface area contributed by atoms with Gasteiger partial charge in [-0.3, -0.25) is 0 Å². The van der Waals surface area contributed by atoms with Gasteiger partial charge in [-0.05, 0) is 17.6 Å². The molecule has 0 bridgehead atoms. The molecule has 0 atom stereocenters. The van der Waals surface area contributed by atoms with Crippen LogP contribution in [-0.2, 0) is 0 Å². The van der Waals surface area contributed by atoms with E-state index in [4.69, 9.17) is 11.6 Å². The van der Waals surface area contributed by atoms with Gasteiger partial charge in [-0.1, -0.05) is 48.9 Å². The van der Waals surface area contributed by atoms with Crippen molar-refractivity contribution in [2.24, 2.45) is 0 Å². The summed E-state index contributed by atoms with van der Waals surface area (Å²) >= 11 is 6.22. The Kier molecular flexibility index (Phi) is 4.02. The van der Waals surface area contributed by atoms with E-state index in [1.165, 1.54) is 11.1 Å². The Balaban J connectivity index is 3.11. The van der Waals surface area contributed by atoms with E-state index in [1.54, 1.807) is 0 Å². The Morgan fingerprint density at radius 3 is 2.21 bits per heavy atom. The van der Waals surface area contributed by atoms with Crippen LogP contribution in [0, 0.1) is 0 Å². The van der Waals surface area contributed by atoms with Crippen LogP contribution in [0.5, 0.6) is 0 Å². The van der Waals surface area contributed by atoms with Crippen LogP contribution in [0.1, 0.15) is 18.9 Å². The van der Waals surface area contributed by atoms with E-state index in [1.807, 2.05) is 37.2 Å². The minimum absolute atomic E-state index is 0.818. The zero-order valence-electron chi connectivity index (χ0n) is 8.92. The molecule has 14 heavy (non-hydrogen) atoms. The molecule has 1 aromatic carbocycles. The zero-order chi connectivity index (χ0) is 10.6. The highest BCUT2D eigenvalue weighted by Gasteiger charge is 2.06. The Hall–Kier alpha value is -0.950.